The van der Waals surface area contributed by atoms with E-state index in [0.717, 1.165) is 11.1 Å². The number of pyridine rings is 2. The second-order valence-corrected chi connectivity index (χ2v) is 10.1. The first-order chi connectivity index (χ1) is 18.0. The third-order valence-electron chi connectivity index (χ3n) is 5.74. The zero-order valence-electron chi connectivity index (χ0n) is 21.0. The van der Waals surface area contributed by atoms with Crippen LogP contribution in [0.25, 0.3) is 33.3 Å². The number of halogens is 1. The Kier molecular flexibility index (Phi) is 8.15. The summed E-state index contributed by atoms with van der Waals surface area (Å²) in [5, 5.41) is 0.615. The summed E-state index contributed by atoms with van der Waals surface area (Å²) in [7, 11) is 0.802. The Bertz CT molecular complexity index is 1550. The molecule has 3 heterocycles. The fourth-order valence-corrected chi connectivity index (χ4v) is 4.14. The summed E-state index contributed by atoms with van der Waals surface area (Å²) in [6, 6.07) is 12.1. The molecule has 12 heteroatoms. The van der Waals surface area contributed by atoms with Crippen LogP contribution in [0.4, 0.5) is 10.1 Å². The maximum Gasteiger partial charge on any atom is 0.471 e. The maximum absolute atomic E-state index is 13.9. The number of likely N-dealkylation sites (N-methyl/N-ethyl adjacent to an activating group) is 2. The molecule has 0 atom stereocenters. The van der Waals surface area contributed by atoms with Crippen molar-refractivity contribution in [2.24, 2.45) is 0 Å². The lowest BCUT2D eigenvalue weighted by Crippen LogP contribution is -2.24. The number of benzene rings is 1. The number of amides is 1. The molecular formula is C26H27FN5O5P. The molecule has 0 unspecified atom stereocenters. The highest BCUT2D eigenvalue weighted by Crippen LogP contribution is 2.38. The molecular weight excluding hydrogens is 512 g/mol. The number of phosphoric acid groups is 1. The summed E-state index contributed by atoms with van der Waals surface area (Å²) in [4.78, 5) is 42.5. The number of fused-ring (bicyclic) bond motifs is 1. The van der Waals surface area contributed by atoms with Crippen molar-refractivity contribution in [1.29, 1.82) is 0 Å². The molecule has 38 heavy (non-hydrogen) atoms. The summed E-state index contributed by atoms with van der Waals surface area (Å²) in [5.74, 6) is -0.833. The first-order valence-electron chi connectivity index (χ1n) is 11.5. The smallest absolute Gasteiger partial charge is 0.312 e. The third kappa shape index (κ3) is 6.58. The van der Waals surface area contributed by atoms with Gasteiger partial charge in [0.15, 0.2) is 0 Å². The molecule has 0 aliphatic carbocycles. The molecule has 0 fully saturated rings. The largest absolute Gasteiger partial charge is 0.471 e. The molecule has 198 valence electrons. The molecule has 0 bridgehead atoms. The molecule has 1 aromatic carbocycles. The van der Waals surface area contributed by atoms with Crippen LogP contribution in [0, 0.1) is 5.95 Å². The summed E-state index contributed by atoms with van der Waals surface area (Å²) in [6.45, 7) is 0.193. The van der Waals surface area contributed by atoms with Gasteiger partial charge in [0, 0.05) is 66.5 Å². The van der Waals surface area contributed by atoms with E-state index in [0.29, 0.717) is 34.4 Å². The van der Waals surface area contributed by atoms with Crippen LogP contribution in [0.1, 0.15) is 0 Å². The zero-order valence-corrected chi connectivity index (χ0v) is 21.9. The highest BCUT2D eigenvalue weighted by atomic mass is 31.2. The molecule has 0 saturated carbocycles. The summed E-state index contributed by atoms with van der Waals surface area (Å²) in [5.41, 5.74) is 3.70. The van der Waals surface area contributed by atoms with Crippen LogP contribution in [0.2, 0.25) is 0 Å². The second-order valence-electron chi connectivity index (χ2n) is 8.84. The normalized spacial score (nSPS) is 12.1. The lowest BCUT2D eigenvalue weighted by Gasteiger charge is -2.17. The molecule has 1 amide bonds. The van der Waals surface area contributed by atoms with Crippen LogP contribution in [0.3, 0.4) is 0 Å². The van der Waals surface area contributed by atoms with Gasteiger partial charge in [-0.05, 0) is 49.5 Å². The number of rotatable bonds is 9. The van der Waals surface area contributed by atoms with Crippen LogP contribution >= 0.6 is 7.82 Å². The van der Waals surface area contributed by atoms with E-state index in [2.05, 4.69) is 14.5 Å². The quantitative estimate of drug-likeness (QED) is 0.186. The van der Waals surface area contributed by atoms with E-state index < -0.39 is 20.5 Å². The van der Waals surface area contributed by atoms with Gasteiger partial charge in [0.25, 0.3) is 0 Å². The first-order valence-corrected chi connectivity index (χ1v) is 13.0. The van der Waals surface area contributed by atoms with Gasteiger partial charge in [-0.2, -0.15) is 4.39 Å². The molecule has 10 nitrogen and oxygen atoms in total. The predicted octanol–water partition coefficient (Wildman–Crippen LogP) is 4.05. The van der Waals surface area contributed by atoms with Gasteiger partial charge >= 0.3 is 7.82 Å². The van der Waals surface area contributed by atoms with Crippen molar-refractivity contribution in [3.63, 3.8) is 0 Å². The minimum Gasteiger partial charge on any atom is -0.312 e. The van der Waals surface area contributed by atoms with Gasteiger partial charge in [-0.3, -0.25) is 9.32 Å². The predicted molar refractivity (Wildman–Crippen MR) is 143 cm³/mol. The highest BCUT2D eigenvalue weighted by molar-refractivity contribution is 7.46. The van der Waals surface area contributed by atoms with E-state index in [1.54, 1.807) is 36.5 Å². The summed E-state index contributed by atoms with van der Waals surface area (Å²) >= 11 is 0. The number of aromatic nitrogens is 3. The number of phosphoric ester groups is 1. The molecule has 0 radical (unpaired) electrons. The van der Waals surface area contributed by atoms with Crippen LogP contribution in [-0.4, -0.2) is 62.8 Å². The van der Waals surface area contributed by atoms with E-state index in [-0.39, 0.29) is 5.91 Å². The van der Waals surface area contributed by atoms with Crippen molar-refractivity contribution >= 4 is 30.5 Å². The number of hydrogen-bond donors (Lipinski definition) is 2. The molecule has 0 spiro atoms. The Morgan fingerprint density at radius 3 is 2.61 bits per heavy atom. The van der Waals surface area contributed by atoms with Gasteiger partial charge < -0.3 is 24.2 Å². The molecule has 0 aliphatic heterocycles. The molecule has 0 saturated heterocycles. The van der Waals surface area contributed by atoms with Crippen molar-refractivity contribution < 1.29 is 28.1 Å². The highest BCUT2D eigenvalue weighted by Gasteiger charge is 2.18. The number of anilines is 1. The lowest BCUT2D eigenvalue weighted by atomic mass is 10.0. The minimum absolute atomic E-state index is 0.165. The van der Waals surface area contributed by atoms with E-state index in [4.69, 9.17) is 9.79 Å². The average Bonchev–Trinajstić information content (AvgIpc) is 3.24. The van der Waals surface area contributed by atoms with Gasteiger partial charge in [-0.15, -0.1) is 0 Å². The van der Waals surface area contributed by atoms with E-state index in [1.165, 1.54) is 22.9 Å². The Labute approximate surface area is 218 Å². The van der Waals surface area contributed by atoms with Crippen molar-refractivity contribution in [2.75, 3.05) is 32.6 Å². The van der Waals surface area contributed by atoms with Crippen molar-refractivity contribution in [1.82, 2.24) is 19.4 Å². The van der Waals surface area contributed by atoms with Crippen LogP contribution in [0.5, 0.6) is 0 Å². The lowest BCUT2D eigenvalue weighted by molar-refractivity contribution is -0.113. The summed E-state index contributed by atoms with van der Waals surface area (Å²) < 4.78 is 31.3. The zero-order chi connectivity index (χ0) is 27.4. The fraction of sp³-hybridized carbons (Fsp3) is 0.192. The number of carbonyl (C=O) groups excluding carboxylic acids is 1. The Hall–Kier alpha value is -3.73. The standard InChI is InChI=1S/C26H27FN5O5P/c1-30(2)11-5-8-25(33)31(3)21-7-4-6-18(12-21)20-13-22-23(19-9-10-28-24(27)14-19)16-32(26(22)29-15-20)17-37-38(34,35)36/h4-10,12-16H,11,17H2,1-3H3,(H2,34,35,36). The monoisotopic (exact) mass is 539 g/mol. The SMILES string of the molecule is CN(C)CC=CC(=O)N(C)c1cccc(-c2cnc3c(c2)c(-c2ccnc(F)c2)cn3COP(=O)(O)O)c1. The first kappa shape index (κ1) is 27.3. The average molecular weight is 540 g/mol. The number of hydrogen-bond acceptors (Lipinski definition) is 6. The van der Waals surface area contributed by atoms with Crippen LogP contribution in [0.15, 0.2) is 73.2 Å². The molecule has 3 aromatic heterocycles. The van der Waals surface area contributed by atoms with E-state index in [9.17, 15) is 13.8 Å². The van der Waals surface area contributed by atoms with E-state index >= 15 is 0 Å². The Balaban J connectivity index is 1.73. The minimum atomic E-state index is -4.73. The Morgan fingerprint density at radius 2 is 1.89 bits per heavy atom. The topological polar surface area (TPSA) is 121 Å². The van der Waals surface area contributed by atoms with Crippen molar-refractivity contribution in [3.05, 3.63) is 79.2 Å². The van der Waals surface area contributed by atoms with Gasteiger partial charge in [0.2, 0.25) is 11.9 Å². The van der Waals surface area contributed by atoms with Gasteiger partial charge in [-0.1, -0.05) is 18.2 Å². The van der Waals surface area contributed by atoms with Crippen molar-refractivity contribution in [2.45, 2.75) is 6.73 Å². The fourth-order valence-electron chi connectivity index (χ4n) is 3.86. The van der Waals surface area contributed by atoms with Gasteiger partial charge in [-0.25, -0.2) is 14.5 Å². The molecule has 4 rings (SSSR count). The van der Waals surface area contributed by atoms with Crippen LogP contribution < -0.4 is 4.90 Å². The maximum atomic E-state index is 13.9. The summed E-state index contributed by atoms with van der Waals surface area (Å²) in [6.07, 6.45) is 7.87. The molecule has 0 aliphatic rings. The molecule has 2 N–H and O–H groups in total. The Morgan fingerprint density at radius 1 is 1.11 bits per heavy atom. The van der Waals surface area contributed by atoms with Crippen LogP contribution in [-0.2, 0) is 20.6 Å². The molecule has 4 aromatic rings. The van der Waals surface area contributed by atoms with Gasteiger partial charge in [0.1, 0.15) is 12.4 Å². The number of carbonyl (C=O) groups is 1. The van der Waals surface area contributed by atoms with Crippen molar-refractivity contribution in [3.8, 4) is 22.3 Å². The second kappa shape index (κ2) is 11.3. The number of nitrogens with zero attached hydrogens (tertiary/aromatic N) is 5. The van der Waals surface area contributed by atoms with E-state index in [1.807, 2.05) is 49.3 Å². The van der Waals surface area contributed by atoms with Gasteiger partial charge in [0.05, 0.1) is 0 Å². The third-order valence-corrected chi connectivity index (χ3v) is 6.20.